The number of allylic oxidation sites excluding steroid dienone is 1. The predicted octanol–water partition coefficient (Wildman–Crippen LogP) is 3.40. The van der Waals surface area contributed by atoms with Gasteiger partial charge < -0.3 is 0 Å². The highest BCUT2D eigenvalue weighted by Gasteiger charge is 2.58. The molecule has 5 rings (SSSR count). The van der Waals surface area contributed by atoms with E-state index in [-0.39, 0.29) is 0 Å². The summed E-state index contributed by atoms with van der Waals surface area (Å²) in [6.45, 7) is 0. The number of rotatable bonds is 0. The van der Waals surface area contributed by atoms with E-state index in [9.17, 15) is 4.79 Å². The highest BCUT2D eigenvalue weighted by atomic mass is 32.2. The normalized spacial score (nSPS) is 53.9. The Balaban J connectivity index is 1.73. The lowest BCUT2D eigenvalue weighted by atomic mass is 9.50. The van der Waals surface area contributed by atoms with E-state index in [0.717, 1.165) is 30.1 Å². The average Bonchev–Trinajstić information content (AvgIpc) is 2.25. The van der Waals surface area contributed by atoms with Gasteiger partial charge >= 0.3 is 0 Å². The van der Waals surface area contributed by atoms with Gasteiger partial charge in [0.2, 0.25) is 0 Å². The molecular formula is C14H18OS. The van der Waals surface area contributed by atoms with E-state index in [0.29, 0.717) is 10.5 Å². The SMILES string of the molecule is O=C1C=CSC2(C1)C1CC3CC(C1)CC2C3. The molecule has 0 saturated heterocycles. The van der Waals surface area contributed by atoms with Gasteiger partial charge in [0, 0.05) is 11.2 Å². The van der Waals surface area contributed by atoms with Crippen molar-refractivity contribution in [2.45, 2.75) is 43.3 Å². The van der Waals surface area contributed by atoms with E-state index in [1.807, 2.05) is 11.8 Å². The van der Waals surface area contributed by atoms with Gasteiger partial charge in [-0.25, -0.2) is 0 Å². The van der Waals surface area contributed by atoms with Crippen LogP contribution in [0.4, 0.5) is 0 Å². The summed E-state index contributed by atoms with van der Waals surface area (Å²) in [6, 6.07) is 0. The maximum atomic E-state index is 11.8. The lowest BCUT2D eigenvalue weighted by Crippen LogP contribution is -2.56. The minimum Gasteiger partial charge on any atom is -0.295 e. The number of hydrogen-bond donors (Lipinski definition) is 0. The molecule has 4 aliphatic carbocycles. The first-order valence-electron chi connectivity index (χ1n) is 6.63. The summed E-state index contributed by atoms with van der Waals surface area (Å²) in [5, 5.41) is 2.09. The molecular weight excluding hydrogens is 216 g/mol. The van der Waals surface area contributed by atoms with E-state index < -0.39 is 0 Å². The van der Waals surface area contributed by atoms with Crippen molar-refractivity contribution in [1.82, 2.24) is 0 Å². The van der Waals surface area contributed by atoms with Gasteiger partial charge in [-0.2, -0.15) is 0 Å². The summed E-state index contributed by atoms with van der Waals surface area (Å²) in [4.78, 5) is 11.8. The topological polar surface area (TPSA) is 17.1 Å². The minimum atomic E-state index is 0.333. The van der Waals surface area contributed by atoms with Gasteiger partial charge in [0.05, 0.1) is 0 Å². The summed E-state index contributed by atoms with van der Waals surface area (Å²) >= 11 is 2.00. The molecule has 0 aromatic heterocycles. The molecule has 0 radical (unpaired) electrons. The lowest BCUT2D eigenvalue weighted by molar-refractivity contribution is -0.118. The first-order chi connectivity index (χ1) is 7.76. The van der Waals surface area contributed by atoms with Crippen molar-refractivity contribution >= 4 is 17.5 Å². The summed E-state index contributed by atoms with van der Waals surface area (Å²) < 4.78 is 0.333. The fourth-order valence-corrected chi connectivity index (χ4v) is 6.54. The van der Waals surface area contributed by atoms with Crippen LogP contribution in [0.25, 0.3) is 0 Å². The summed E-state index contributed by atoms with van der Waals surface area (Å²) in [5.74, 6) is 4.10. The van der Waals surface area contributed by atoms with Gasteiger partial charge in [0.15, 0.2) is 5.78 Å². The van der Waals surface area contributed by atoms with Crippen molar-refractivity contribution in [3.8, 4) is 0 Å². The van der Waals surface area contributed by atoms with Gasteiger partial charge in [0.1, 0.15) is 0 Å². The van der Waals surface area contributed by atoms with Crippen LogP contribution in [0.2, 0.25) is 0 Å². The first kappa shape index (κ1) is 9.76. The highest BCUT2D eigenvalue weighted by molar-refractivity contribution is 8.03. The second-order valence-electron chi connectivity index (χ2n) is 6.32. The zero-order valence-corrected chi connectivity index (χ0v) is 10.3. The molecule has 0 aromatic carbocycles. The van der Waals surface area contributed by atoms with Crippen LogP contribution in [-0.4, -0.2) is 10.5 Å². The molecule has 1 heterocycles. The van der Waals surface area contributed by atoms with Crippen molar-refractivity contribution < 1.29 is 4.79 Å². The van der Waals surface area contributed by atoms with Gasteiger partial charge in [-0.15, -0.1) is 11.8 Å². The molecule has 86 valence electrons. The first-order valence-corrected chi connectivity index (χ1v) is 7.51. The second kappa shape index (κ2) is 3.16. The molecule has 1 aliphatic heterocycles. The van der Waals surface area contributed by atoms with E-state index in [1.165, 1.54) is 32.1 Å². The molecule has 0 atom stereocenters. The highest BCUT2D eigenvalue weighted by Crippen LogP contribution is 2.64. The largest absolute Gasteiger partial charge is 0.295 e. The fourth-order valence-electron chi connectivity index (χ4n) is 5.07. The van der Waals surface area contributed by atoms with Crippen LogP contribution in [0.3, 0.4) is 0 Å². The maximum absolute atomic E-state index is 11.8. The Morgan fingerprint density at radius 1 is 1.06 bits per heavy atom. The molecule has 0 aromatic rings. The molecule has 4 saturated carbocycles. The van der Waals surface area contributed by atoms with Crippen LogP contribution < -0.4 is 0 Å². The standard InChI is InChI=1S/C14H18OS/c15-13-1-2-16-14(8-13)11-4-9-3-10(6-11)7-12(14)5-9/h1-2,9-12H,3-8H2. The molecule has 5 aliphatic rings. The van der Waals surface area contributed by atoms with Gasteiger partial charge in [-0.05, 0) is 67.3 Å². The summed E-state index contributed by atoms with van der Waals surface area (Å²) in [6.07, 6.45) is 9.80. The van der Waals surface area contributed by atoms with Gasteiger partial charge in [-0.1, -0.05) is 0 Å². The maximum Gasteiger partial charge on any atom is 0.157 e. The number of thioether (sulfide) groups is 1. The Kier molecular flexibility index (Phi) is 1.92. The smallest absolute Gasteiger partial charge is 0.157 e. The van der Waals surface area contributed by atoms with Crippen molar-refractivity contribution in [3.63, 3.8) is 0 Å². The molecule has 1 spiro atoms. The number of carbonyl (C=O) groups is 1. The Bertz CT molecular complexity index is 343. The van der Waals surface area contributed by atoms with Crippen LogP contribution >= 0.6 is 11.8 Å². The number of hydrogen-bond acceptors (Lipinski definition) is 2. The van der Waals surface area contributed by atoms with Crippen molar-refractivity contribution in [2.75, 3.05) is 0 Å². The van der Waals surface area contributed by atoms with E-state index in [1.54, 1.807) is 6.08 Å². The molecule has 0 unspecified atom stereocenters. The zero-order valence-electron chi connectivity index (χ0n) is 9.52. The van der Waals surface area contributed by atoms with Gasteiger partial charge in [-0.3, -0.25) is 4.79 Å². The van der Waals surface area contributed by atoms with Gasteiger partial charge in [0.25, 0.3) is 0 Å². The van der Waals surface area contributed by atoms with Crippen molar-refractivity contribution in [3.05, 3.63) is 11.5 Å². The number of carbonyl (C=O) groups excluding carboxylic acids is 1. The van der Waals surface area contributed by atoms with E-state index >= 15 is 0 Å². The molecule has 16 heavy (non-hydrogen) atoms. The third-order valence-electron chi connectivity index (χ3n) is 5.51. The van der Waals surface area contributed by atoms with Crippen molar-refractivity contribution in [1.29, 1.82) is 0 Å². The Morgan fingerprint density at radius 2 is 1.69 bits per heavy atom. The lowest BCUT2D eigenvalue weighted by Gasteiger charge is -2.61. The monoisotopic (exact) mass is 234 g/mol. The Hall–Kier alpha value is -0.240. The molecule has 2 heteroatoms. The van der Waals surface area contributed by atoms with Crippen LogP contribution in [0.1, 0.15) is 38.5 Å². The van der Waals surface area contributed by atoms with E-state index in [2.05, 4.69) is 5.41 Å². The second-order valence-corrected chi connectivity index (χ2v) is 7.59. The predicted molar refractivity (Wildman–Crippen MR) is 66.1 cm³/mol. The van der Waals surface area contributed by atoms with Crippen LogP contribution in [0.5, 0.6) is 0 Å². The number of ketones is 1. The minimum absolute atomic E-state index is 0.333. The molecule has 4 fully saturated rings. The molecule has 0 N–H and O–H groups in total. The van der Waals surface area contributed by atoms with E-state index in [4.69, 9.17) is 0 Å². The summed E-state index contributed by atoms with van der Waals surface area (Å²) in [5.41, 5.74) is 0. The third kappa shape index (κ3) is 1.17. The molecule has 4 bridgehead atoms. The Morgan fingerprint density at radius 3 is 2.25 bits per heavy atom. The van der Waals surface area contributed by atoms with Crippen LogP contribution in [-0.2, 0) is 4.79 Å². The quantitative estimate of drug-likeness (QED) is 0.639. The van der Waals surface area contributed by atoms with Crippen LogP contribution in [0, 0.1) is 23.7 Å². The summed E-state index contributed by atoms with van der Waals surface area (Å²) in [7, 11) is 0. The van der Waals surface area contributed by atoms with Crippen LogP contribution in [0.15, 0.2) is 11.5 Å². The van der Waals surface area contributed by atoms with Crippen molar-refractivity contribution in [2.24, 2.45) is 23.7 Å². The molecule has 1 nitrogen and oxygen atoms in total. The zero-order chi connectivity index (χ0) is 10.8. The third-order valence-corrected chi connectivity index (χ3v) is 7.03. The average molecular weight is 234 g/mol. The Labute approximate surface area is 101 Å². The molecule has 0 amide bonds. The fraction of sp³-hybridized carbons (Fsp3) is 0.786.